The van der Waals surface area contributed by atoms with Crippen LogP contribution in [0.25, 0.3) is 10.2 Å². The van der Waals surface area contributed by atoms with Crippen molar-refractivity contribution >= 4 is 33.3 Å². The molecule has 0 atom stereocenters. The van der Waals surface area contributed by atoms with E-state index in [-0.39, 0.29) is 5.56 Å². The normalized spacial score (nSPS) is 15.1. The van der Waals surface area contributed by atoms with Gasteiger partial charge < -0.3 is 0 Å². The smallest absolute Gasteiger partial charge is 0.262 e. The Morgan fingerprint density at radius 3 is 3.38 bits per heavy atom. The summed E-state index contributed by atoms with van der Waals surface area (Å²) in [6, 6.07) is 1.85. The van der Waals surface area contributed by atoms with E-state index in [9.17, 15) is 4.79 Å². The third-order valence-corrected chi connectivity index (χ3v) is 3.86. The number of thiophene rings is 1. The number of fused-ring (bicyclic) bond motifs is 2. The Morgan fingerprint density at radius 2 is 2.46 bits per heavy atom. The molecule has 1 aliphatic rings. The van der Waals surface area contributed by atoms with Gasteiger partial charge in [-0.3, -0.25) is 9.36 Å². The summed E-state index contributed by atoms with van der Waals surface area (Å²) in [4.78, 5) is 17.1. The highest BCUT2D eigenvalue weighted by atomic mass is 32.2. The van der Waals surface area contributed by atoms with Crippen LogP contribution in [0, 0.1) is 0 Å². The molecule has 5 heteroatoms. The summed E-state index contributed by atoms with van der Waals surface area (Å²) in [5, 5.41) is 3.55. The van der Waals surface area contributed by atoms with Crippen molar-refractivity contribution < 1.29 is 0 Å². The van der Waals surface area contributed by atoms with E-state index in [2.05, 4.69) is 4.98 Å². The van der Waals surface area contributed by atoms with Crippen LogP contribution in [0.2, 0.25) is 0 Å². The third kappa shape index (κ3) is 0.971. The maximum atomic E-state index is 11.8. The topological polar surface area (TPSA) is 34.9 Å². The second-order valence-corrected chi connectivity index (χ2v) is 4.80. The lowest BCUT2D eigenvalue weighted by Gasteiger charge is -1.99. The van der Waals surface area contributed by atoms with Gasteiger partial charge >= 0.3 is 0 Å². The van der Waals surface area contributed by atoms with Crippen LogP contribution in [-0.4, -0.2) is 15.3 Å². The Morgan fingerprint density at radius 1 is 1.54 bits per heavy atom. The molecule has 0 spiro atoms. The van der Waals surface area contributed by atoms with E-state index in [4.69, 9.17) is 0 Å². The summed E-state index contributed by atoms with van der Waals surface area (Å²) in [5.74, 6) is 0.972. The summed E-state index contributed by atoms with van der Waals surface area (Å²) in [6.45, 7) is 0.803. The molecule has 3 nitrogen and oxygen atoms in total. The Hall–Kier alpha value is -0.810. The average Bonchev–Trinajstić information content (AvgIpc) is 2.71. The quantitative estimate of drug-likeness (QED) is 0.619. The first-order valence-electron chi connectivity index (χ1n) is 3.97. The van der Waals surface area contributed by atoms with E-state index < -0.39 is 0 Å². The van der Waals surface area contributed by atoms with Crippen LogP contribution in [0.15, 0.2) is 21.4 Å². The molecule has 0 unspecified atom stereocenters. The first-order valence-corrected chi connectivity index (χ1v) is 5.83. The fourth-order valence-electron chi connectivity index (χ4n) is 1.47. The molecule has 0 radical (unpaired) electrons. The minimum absolute atomic E-state index is 0.117. The van der Waals surface area contributed by atoms with Crippen molar-refractivity contribution in [3.8, 4) is 0 Å². The Balaban J connectivity index is 2.53. The highest BCUT2D eigenvalue weighted by molar-refractivity contribution is 7.99. The van der Waals surface area contributed by atoms with E-state index in [0.29, 0.717) is 0 Å². The molecule has 2 aromatic heterocycles. The summed E-state index contributed by atoms with van der Waals surface area (Å²) in [5.41, 5.74) is 0.117. The molecule has 0 aliphatic carbocycles. The largest absolute Gasteiger partial charge is 0.286 e. The van der Waals surface area contributed by atoms with Crippen LogP contribution < -0.4 is 5.56 Å². The van der Waals surface area contributed by atoms with Gasteiger partial charge in [0.2, 0.25) is 0 Å². The lowest BCUT2D eigenvalue weighted by molar-refractivity contribution is 0.670. The second-order valence-electron chi connectivity index (χ2n) is 2.84. The van der Waals surface area contributed by atoms with E-state index >= 15 is 0 Å². The van der Waals surface area contributed by atoms with Gasteiger partial charge in [0.1, 0.15) is 4.83 Å². The molecule has 0 aromatic carbocycles. The van der Waals surface area contributed by atoms with Gasteiger partial charge in [0.15, 0.2) is 5.16 Å². The first kappa shape index (κ1) is 7.58. The molecule has 2 aromatic rings. The molecule has 0 bridgehead atoms. The molecular formula is C8H6N2OS2. The second kappa shape index (κ2) is 2.59. The van der Waals surface area contributed by atoms with E-state index in [1.165, 1.54) is 11.3 Å². The van der Waals surface area contributed by atoms with Gasteiger partial charge in [0.25, 0.3) is 5.56 Å². The lowest BCUT2D eigenvalue weighted by atomic mass is 10.4. The number of rotatable bonds is 0. The predicted octanol–water partition coefficient (Wildman–Crippen LogP) is 1.56. The Labute approximate surface area is 82.4 Å². The standard InChI is InChI=1S/C8H6N2OS2/c11-7-5-1-3-12-6(5)9-8-10(7)2-4-13-8/h1,3H,2,4H2. The Kier molecular flexibility index (Phi) is 1.51. The molecule has 0 N–H and O–H groups in total. The van der Waals surface area contributed by atoms with Crippen molar-refractivity contribution in [2.45, 2.75) is 11.7 Å². The van der Waals surface area contributed by atoms with Gasteiger partial charge in [0.05, 0.1) is 5.39 Å². The fraction of sp³-hybridized carbons (Fsp3) is 0.250. The highest BCUT2D eigenvalue weighted by Crippen LogP contribution is 2.25. The lowest BCUT2D eigenvalue weighted by Crippen LogP contribution is -2.19. The number of thioether (sulfide) groups is 1. The maximum absolute atomic E-state index is 11.8. The number of aromatic nitrogens is 2. The third-order valence-electron chi connectivity index (χ3n) is 2.09. The zero-order chi connectivity index (χ0) is 8.84. The van der Waals surface area contributed by atoms with Gasteiger partial charge in [-0.15, -0.1) is 11.3 Å². The predicted molar refractivity (Wildman–Crippen MR) is 54.6 cm³/mol. The van der Waals surface area contributed by atoms with Crippen LogP contribution >= 0.6 is 23.1 Å². The van der Waals surface area contributed by atoms with Crippen molar-refractivity contribution in [3.05, 3.63) is 21.8 Å². The van der Waals surface area contributed by atoms with Gasteiger partial charge in [-0.05, 0) is 11.4 Å². The van der Waals surface area contributed by atoms with Crippen molar-refractivity contribution in [3.63, 3.8) is 0 Å². The summed E-state index contributed by atoms with van der Waals surface area (Å²) < 4.78 is 1.76. The highest BCUT2D eigenvalue weighted by Gasteiger charge is 2.16. The van der Waals surface area contributed by atoms with E-state index in [1.54, 1.807) is 16.3 Å². The molecular weight excluding hydrogens is 204 g/mol. The number of hydrogen-bond acceptors (Lipinski definition) is 4. The molecule has 0 saturated carbocycles. The SMILES string of the molecule is O=c1c2ccsc2nc2n1CCS2. The molecule has 66 valence electrons. The summed E-state index contributed by atoms with van der Waals surface area (Å²) >= 11 is 3.19. The minimum atomic E-state index is 0.117. The molecule has 1 aliphatic heterocycles. The van der Waals surface area contributed by atoms with Gasteiger partial charge in [-0.1, -0.05) is 11.8 Å². The molecule has 3 heterocycles. The fourth-order valence-corrected chi connectivity index (χ4v) is 3.22. The molecule has 13 heavy (non-hydrogen) atoms. The van der Waals surface area contributed by atoms with Crippen LogP contribution in [0.4, 0.5) is 0 Å². The molecule has 0 saturated heterocycles. The van der Waals surface area contributed by atoms with Crippen molar-refractivity contribution in [1.29, 1.82) is 0 Å². The number of nitrogens with zero attached hydrogens (tertiary/aromatic N) is 2. The van der Waals surface area contributed by atoms with Crippen LogP contribution in [0.3, 0.4) is 0 Å². The molecule has 0 amide bonds. The van der Waals surface area contributed by atoms with Crippen molar-refractivity contribution in [1.82, 2.24) is 9.55 Å². The van der Waals surface area contributed by atoms with Crippen molar-refractivity contribution in [2.24, 2.45) is 0 Å². The van der Waals surface area contributed by atoms with E-state index in [0.717, 1.165) is 27.7 Å². The maximum Gasteiger partial charge on any atom is 0.262 e. The first-order chi connectivity index (χ1) is 6.36. The van der Waals surface area contributed by atoms with Crippen molar-refractivity contribution in [2.75, 3.05) is 5.75 Å². The monoisotopic (exact) mass is 210 g/mol. The Bertz CT molecular complexity index is 528. The van der Waals surface area contributed by atoms with Gasteiger partial charge in [-0.2, -0.15) is 0 Å². The van der Waals surface area contributed by atoms with Gasteiger partial charge in [-0.25, -0.2) is 4.98 Å². The summed E-state index contributed by atoms with van der Waals surface area (Å²) in [6.07, 6.45) is 0. The minimum Gasteiger partial charge on any atom is -0.286 e. The molecule has 3 rings (SSSR count). The van der Waals surface area contributed by atoms with Crippen LogP contribution in [0.1, 0.15) is 0 Å². The zero-order valence-electron chi connectivity index (χ0n) is 6.69. The zero-order valence-corrected chi connectivity index (χ0v) is 8.32. The average molecular weight is 210 g/mol. The van der Waals surface area contributed by atoms with Gasteiger partial charge in [0, 0.05) is 12.3 Å². The van der Waals surface area contributed by atoms with Crippen LogP contribution in [0.5, 0.6) is 0 Å². The van der Waals surface area contributed by atoms with E-state index in [1.807, 2.05) is 11.4 Å². The molecule has 0 fully saturated rings. The summed E-state index contributed by atoms with van der Waals surface area (Å²) in [7, 11) is 0. The number of hydrogen-bond donors (Lipinski definition) is 0. The van der Waals surface area contributed by atoms with Crippen LogP contribution in [-0.2, 0) is 6.54 Å².